The number of hydrogen-bond acceptors (Lipinski definition) is 2. The third-order valence-corrected chi connectivity index (χ3v) is 0. The summed E-state index contributed by atoms with van der Waals surface area (Å²) in [4.78, 5) is 8.44. The summed E-state index contributed by atoms with van der Waals surface area (Å²) in [5.41, 5.74) is 0. The summed E-state index contributed by atoms with van der Waals surface area (Å²) in [6, 6.07) is 0. The molecule has 0 aromatic rings. The predicted octanol–water partition coefficient (Wildman–Crippen LogP) is -10.1. The average molecular weight is 252 g/mol. The van der Waals surface area contributed by atoms with Crippen molar-refractivity contribution in [3.8, 4) is 0 Å². The second-order valence-electron chi connectivity index (χ2n) is 0.266. The van der Waals surface area contributed by atoms with Crippen molar-refractivity contribution in [2.75, 3.05) is 0 Å². The molecule has 6 heteroatoms. The molecule has 3 nitrogen and oxygen atoms in total. The molecular weight excluding hydrogens is 251 g/mol. The molecule has 0 bridgehead atoms. The minimum atomic E-state index is -2.08. The van der Waals surface area contributed by atoms with Crippen LogP contribution in [0.5, 0.6) is 0 Å². The van der Waals surface area contributed by atoms with Gasteiger partial charge in [-0.05, 0) is 0 Å². The van der Waals surface area contributed by atoms with Crippen molar-refractivity contribution in [2.45, 2.75) is 0 Å². The molecule has 0 aromatic carbocycles. The zero-order valence-electron chi connectivity index (χ0n) is 4.14. The van der Waals surface area contributed by atoms with Gasteiger partial charge in [0.05, 0.1) is 0 Å². The standard InChI is InChI=1S/CH2O3.Cs.FH.K/c2-1(3)4;;;/h(H2,2,3,4);;1H;/q;+1;;+1/p-2. The molecule has 0 radical (unpaired) electrons. The van der Waals surface area contributed by atoms with Crippen LogP contribution in [0.2, 0.25) is 0 Å². The summed E-state index contributed by atoms with van der Waals surface area (Å²) >= 11 is 0. The van der Waals surface area contributed by atoms with E-state index in [9.17, 15) is 0 Å². The van der Waals surface area contributed by atoms with Gasteiger partial charge in [0, 0.05) is 0 Å². The largest absolute Gasteiger partial charge is 1.00 e. The van der Waals surface area contributed by atoms with Crippen LogP contribution in [0, 0.1) is 0 Å². The molecule has 0 saturated carbocycles. The maximum absolute atomic E-state index is 8.44. The molecule has 7 heavy (non-hydrogen) atoms. The second-order valence-corrected chi connectivity index (χ2v) is 0.266. The molecule has 0 saturated heterocycles. The van der Waals surface area contributed by atoms with Crippen molar-refractivity contribution in [3.05, 3.63) is 0 Å². The van der Waals surface area contributed by atoms with E-state index in [1.54, 1.807) is 0 Å². The second kappa shape index (κ2) is 16.0. The van der Waals surface area contributed by atoms with Gasteiger partial charge in [-0.3, -0.25) is 0 Å². The van der Waals surface area contributed by atoms with Gasteiger partial charge in [0.25, 0.3) is 0 Å². The van der Waals surface area contributed by atoms with Gasteiger partial charge in [0.1, 0.15) is 0 Å². The van der Waals surface area contributed by atoms with Crippen LogP contribution in [0.25, 0.3) is 0 Å². The van der Waals surface area contributed by atoms with E-state index in [1.165, 1.54) is 0 Å². The Bertz CT molecular complexity index is 37.9. The van der Waals surface area contributed by atoms with Crippen LogP contribution in [0.4, 0.5) is 4.79 Å². The van der Waals surface area contributed by atoms with Gasteiger partial charge in [0.15, 0.2) is 0 Å². The monoisotopic (exact) mass is 252 g/mol. The Hall–Kier alpha value is 2.89. The predicted molar refractivity (Wildman–Crippen MR) is 8.02 cm³/mol. The zero-order chi connectivity index (χ0) is 3.58. The van der Waals surface area contributed by atoms with E-state index in [0.29, 0.717) is 0 Å². The molecule has 1 N–H and O–H groups in total. The first kappa shape index (κ1) is 22.5. The Labute approximate surface area is 141 Å². The molecule has 0 aliphatic heterocycles. The van der Waals surface area contributed by atoms with Gasteiger partial charge < -0.3 is 19.7 Å². The smallest absolute Gasteiger partial charge is 1.00 e. The van der Waals surface area contributed by atoms with E-state index in [4.69, 9.17) is 15.0 Å². The van der Waals surface area contributed by atoms with Gasteiger partial charge in [-0.1, -0.05) is 0 Å². The SMILES string of the molecule is O=C([O-])O.[Cs+].[F-].[K+]. The summed E-state index contributed by atoms with van der Waals surface area (Å²) < 4.78 is 0. The van der Waals surface area contributed by atoms with Crippen LogP contribution < -0.4 is 130 Å². The summed E-state index contributed by atoms with van der Waals surface area (Å²) in [5.74, 6) is 0. The Morgan fingerprint density at radius 3 is 1.57 bits per heavy atom. The topological polar surface area (TPSA) is 60.4 Å². The first-order valence-electron chi connectivity index (χ1n) is 0.632. The van der Waals surface area contributed by atoms with Crippen LogP contribution >= 0.6 is 0 Å². The van der Waals surface area contributed by atoms with E-state index in [-0.39, 0.29) is 125 Å². The zero-order valence-corrected chi connectivity index (χ0v) is 13.5. The minimum absolute atomic E-state index is 0. The summed E-state index contributed by atoms with van der Waals surface area (Å²) in [7, 11) is 0. The first-order chi connectivity index (χ1) is 1.73. The molecule has 0 atom stereocenters. The normalized spacial score (nSPS) is 3.43. The third kappa shape index (κ3) is 50.6. The summed E-state index contributed by atoms with van der Waals surface area (Å²) in [5, 5.41) is 15.3. The van der Waals surface area contributed by atoms with Gasteiger partial charge in [-0.2, -0.15) is 0 Å². The molecule has 0 rings (SSSR count). The Balaban J connectivity index is -0.0000000150. The van der Waals surface area contributed by atoms with Crippen molar-refractivity contribution in [1.82, 2.24) is 0 Å². The van der Waals surface area contributed by atoms with E-state index in [0.717, 1.165) is 0 Å². The third-order valence-electron chi connectivity index (χ3n) is 0. The molecule has 0 fully saturated rings. The number of halogens is 1. The molecule has 0 spiro atoms. The van der Waals surface area contributed by atoms with Gasteiger partial charge in [-0.25, -0.2) is 0 Å². The van der Waals surface area contributed by atoms with Crippen molar-refractivity contribution in [1.29, 1.82) is 0 Å². The number of carboxylic acid groups (broad SMARTS) is 2. The van der Waals surface area contributed by atoms with Gasteiger partial charge in [0.2, 0.25) is 6.16 Å². The van der Waals surface area contributed by atoms with E-state index >= 15 is 0 Å². The molecule has 0 amide bonds. The van der Waals surface area contributed by atoms with Crippen molar-refractivity contribution in [3.63, 3.8) is 0 Å². The molecule has 0 aliphatic carbocycles. The number of rotatable bonds is 0. The Kier molecular flexibility index (Phi) is 51.3. The maximum Gasteiger partial charge on any atom is 1.00 e. The molecule has 0 unspecified atom stereocenters. The quantitative estimate of drug-likeness (QED) is 0.435. The molecular formula is CHCsFKO3. The van der Waals surface area contributed by atoms with Crippen LogP contribution in [-0.2, 0) is 0 Å². The van der Waals surface area contributed by atoms with Crippen LogP contribution in [0.15, 0.2) is 0 Å². The number of carbonyl (C=O) groups is 1. The molecule has 0 aromatic heterocycles. The average Bonchev–Trinajstić information content (AvgIpc) is 0.811. The fourth-order valence-electron chi connectivity index (χ4n) is 0. The molecule has 0 heterocycles. The van der Waals surface area contributed by atoms with E-state index in [1.807, 2.05) is 0 Å². The fourth-order valence-corrected chi connectivity index (χ4v) is 0. The van der Waals surface area contributed by atoms with Crippen LogP contribution in [0.1, 0.15) is 0 Å². The number of hydrogen-bond donors (Lipinski definition) is 1. The molecule has 32 valence electrons. The Morgan fingerprint density at radius 2 is 1.57 bits per heavy atom. The van der Waals surface area contributed by atoms with Gasteiger partial charge in [-0.15, -0.1) is 0 Å². The van der Waals surface area contributed by atoms with E-state index < -0.39 is 6.16 Å². The summed E-state index contributed by atoms with van der Waals surface area (Å²) in [6.45, 7) is 0. The van der Waals surface area contributed by atoms with E-state index in [2.05, 4.69) is 0 Å². The molecule has 0 aliphatic rings. The van der Waals surface area contributed by atoms with Gasteiger partial charge >= 0.3 is 120 Å². The summed E-state index contributed by atoms with van der Waals surface area (Å²) in [6.07, 6.45) is -2.08. The Morgan fingerprint density at radius 1 is 1.57 bits per heavy atom. The van der Waals surface area contributed by atoms with Crippen molar-refractivity contribution in [2.24, 2.45) is 0 Å². The first-order valence-corrected chi connectivity index (χ1v) is 0.632. The fraction of sp³-hybridized carbons (Fsp3) is 0. The van der Waals surface area contributed by atoms with Crippen LogP contribution in [0.3, 0.4) is 0 Å². The van der Waals surface area contributed by atoms with Crippen molar-refractivity contribution >= 4 is 6.16 Å². The van der Waals surface area contributed by atoms with Crippen LogP contribution in [-0.4, -0.2) is 11.3 Å². The van der Waals surface area contributed by atoms with Crippen molar-refractivity contribution < 1.29 is 140 Å². The maximum atomic E-state index is 8.44. The minimum Gasteiger partial charge on any atom is -1.00 e.